The van der Waals surface area contributed by atoms with Gasteiger partial charge in [-0.1, -0.05) is 23.8 Å². The van der Waals surface area contributed by atoms with Gasteiger partial charge in [-0.05, 0) is 24.6 Å². The van der Waals surface area contributed by atoms with Crippen LogP contribution >= 0.6 is 23.8 Å². The summed E-state index contributed by atoms with van der Waals surface area (Å²) < 4.78 is 4.77. The highest BCUT2D eigenvalue weighted by Crippen LogP contribution is 2.31. The van der Waals surface area contributed by atoms with Crippen molar-refractivity contribution in [2.75, 3.05) is 25.1 Å². The molecule has 2 N–H and O–H groups in total. The van der Waals surface area contributed by atoms with E-state index in [1.807, 2.05) is 12.1 Å². The highest BCUT2D eigenvalue weighted by molar-refractivity contribution is 7.80. The van der Waals surface area contributed by atoms with E-state index in [0.717, 1.165) is 24.2 Å². The molecule has 0 radical (unpaired) electrons. The predicted molar refractivity (Wildman–Crippen MR) is 79.7 cm³/mol. The van der Waals surface area contributed by atoms with Crippen molar-refractivity contribution in [2.24, 2.45) is 11.7 Å². The summed E-state index contributed by atoms with van der Waals surface area (Å²) in [7, 11) is 1.41. The van der Waals surface area contributed by atoms with Crippen molar-refractivity contribution in [3.8, 4) is 0 Å². The van der Waals surface area contributed by atoms with Gasteiger partial charge >= 0.3 is 5.97 Å². The molecule has 1 aliphatic rings. The van der Waals surface area contributed by atoms with E-state index in [0.29, 0.717) is 16.6 Å². The topological polar surface area (TPSA) is 55.6 Å². The third-order valence-electron chi connectivity index (χ3n) is 3.30. The van der Waals surface area contributed by atoms with Crippen LogP contribution in [0.15, 0.2) is 18.2 Å². The number of hydrogen-bond donors (Lipinski definition) is 1. The Morgan fingerprint density at radius 3 is 2.89 bits per heavy atom. The first-order chi connectivity index (χ1) is 9.02. The fourth-order valence-corrected chi connectivity index (χ4v) is 2.68. The third kappa shape index (κ3) is 2.98. The van der Waals surface area contributed by atoms with Crippen LogP contribution in [0, 0.1) is 5.92 Å². The molecule has 0 aliphatic carbocycles. The molecule has 1 aromatic carbocycles. The van der Waals surface area contributed by atoms with Crippen molar-refractivity contribution in [2.45, 2.75) is 6.42 Å². The van der Waals surface area contributed by atoms with E-state index in [2.05, 4.69) is 4.90 Å². The Morgan fingerprint density at radius 1 is 1.58 bits per heavy atom. The van der Waals surface area contributed by atoms with Crippen LogP contribution in [0.5, 0.6) is 0 Å². The number of carbonyl (C=O) groups excluding carboxylic acids is 1. The van der Waals surface area contributed by atoms with Gasteiger partial charge < -0.3 is 15.4 Å². The van der Waals surface area contributed by atoms with Gasteiger partial charge in [-0.15, -0.1) is 0 Å². The Bertz CT molecular complexity index is 521. The molecular formula is C13H15ClN2O2S. The van der Waals surface area contributed by atoms with Gasteiger partial charge in [0, 0.05) is 18.7 Å². The fourth-order valence-electron chi connectivity index (χ4n) is 2.25. The number of hydrogen-bond acceptors (Lipinski definition) is 4. The molecule has 0 spiro atoms. The number of methoxy groups -OCH3 is 1. The summed E-state index contributed by atoms with van der Waals surface area (Å²) in [6.45, 7) is 1.41. The Hall–Kier alpha value is -1.33. The fraction of sp³-hybridized carbons (Fsp3) is 0.385. The Kier molecular flexibility index (Phi) is 4.27. The zero-order chi connectivity index (χ0) is 14.0. The molecule has 0 amide bonds. The van der Waals surface area contributed by atoms with E-state index < -0.39 is 0 Å². The van der Waals surface area contributed by atoms with Crippen molar-refractivity contribution in [3.05, 3.63) is 28.8 Å². The molecular weight excluding hydrogens is 284 g/mol. The molecule has 1 aliphatic heterocycles. The van der Waals surface area contributed by atoms with Gasteiger partial charge in [-0.2, -0.15) is 0 Å². The molecule has 1 unspecified atom stereocenters. The minimum absolute atomic E-state index is 0.0867. The lowest BCUT2D eigenvalue weighted by Gasteiger charge is -2.20. The average molecular weight is 299 g/mol. The number of nitrogens with zero attached hydrogens (tertiary/aromatic N) is 1. The second-order valence-corrected chi connectivity index (χ2v) is 5.33. The van der Waals surface area contributed by atoms with Crippen molar-refractivity contribution in [3.63, 3.8) is 0 Å². The van der Waals surface area contributed by atoms with Gasteiger partial charge in [-0.25, -0.2) is 0 Å². The molecule has 1 heterocycles. The maximum Gasteiger partial charge on any atom is 0.310 e. The number of thiocarbonyl (C=S) groups is 1. The van der Waals surface area contributed by atoms with Crippen LogP contribution in [0.4, 0.5) is 5.69 Å². The lowest BCUT2D eigenvalue weighted by molar-refractivity contribution is -0.144. The van der Waals surface area contributed by atoms with Crippen molar-refractivity contribution < 1.29 is 9.53 Å². The van der Waals surface area contributed by atoms with Crippen molar-refractivity contribution in [1.29, 1.82) is 0 Å². The van der Waals surface area contributed by atoms with E-state index in [1.54, 1.807) is 6.07 Å². The monoisotopic (exact) mass is 298 g/mol. The molecule has 102 valence electrons. The van der Waals surface area contributed by atoms with Crippen LogP contribution in [0.2, 0.25) is 5.02 Å². The summed E-state index contributed by atoms with van der Waals surface area (Å²) in [6, 6.07) is 5.48. The first-order valence-corrected chi connectivity index (χ1v) is 6.73. The van der Waals surface area contributed by atoms with Gasteiger partial charge in [0.2, 0.25) is 0 Å². The highest BCUT2D eigenvalue weighted by atomic mass is 35.5. The summed E-state index contributed by atoms with van der Waals surface area (Å²) in [5, 5.41) is 0.593. The summed E-state index contributed by atoms with van der Waals surface area (Å²) in [5.41, 5.74) is 7.20. The number of nitrogens with two attached hydrogens (primary N) is 1. The smallest absolute Gasteiger partial charge is 0.310 e. The molecule has 1 atom stereocenters. The first kappa shape index (κ1) is 14.1. The molecule has 0 aromatic heterocycles. The van der Waals surface area contributed by atoms with E-state index in [-0.39, 0.29) is 11.9 Å². The van der Waals surface area contributed by atoms with Gasteiger partial charge in [-0.3, -0.25) is 4.79 Å². The molecule has 6 heteroatoms. The Labute approximate surface area is 122 Å². The number of anilines is 1. The molecule has 4 nitrogen and oxygen atoms in total. The van der Waals surface area contributed by atoms with E-state index >= 15 is 0 Å². The lowest BCUT2D eigenvalue weighted by Crippen LogP contribution is -2.24. The zero-order valence-corrected chi connectivity index (χ0v) is 12.1. The number of ether oxygens (including phenoxy) is 1. The van der Waals surface area contributed by atoms with Crippen molar-refractivity contribution in [1.82, 2.24) is 0 Å². The third-order valence-corrected chi connectivity index (χ3v) is 3.83. The second kappa shape index (κ2) is 5.75. The lowest BCUT2D eigenvalue weighted by atomic mass is 10.1. The first-order valence-electron chi connectivity index (χ1n) is 5.95. The van der Waals surface area contributed by atoms with Gasteiger partial charge in [0.1, 0.15) is 4.99 Å². The number of esters is 1. The van der Waals surface area contributed by atoms with Gasteiger partial charge in [0.05, 0.1) is 23.7 Å². The molecule has 2 rings (SSSR count). The van der Waals surface area contributed by atoms with Gasteiger partial charge in [0.25, 0.3) is 0 Å². The minimum Gasteiger partial charge on any atom is -0.469 e. The second-order valence-electron chi connectivity index (χ2n) is 4.49. The molecule has 1 fully saturated rings. The minimum atomic E-state index is -0.168. The molecule has 0 bridgehead atoms. The van der Waals surface area contributed by atoms with Crippen LogP contribution in [-0.2, 0) is 9.53 Å². The average Bonchev–Trinajstić information content (AvgIpc) is 2.87. The Morgan fingerprint density at radius 2 is 2.32 bits per heavy atom. The summed E-state index contributed by atoms with van der Waals surface area (Å²) >= 11 is 11.2. The number of carbonyl (C=O) groups is 1. The van der Waals surface area contributed by atoms with Crippen LogP contribution < -0.4 is 10.6 Å². The normalized spacial score (nSPS) is 18.4. The highest BCUT2D eigenvalue weighted by Gasteiger charge is 2.29. The summed E-state index contributed by atoms with van der Waals surface area (Å²) in [4.78, 5) is 13.9. The zero-order valence-electron chi connectivity index (χ0n) is 10.6. The maximum atomic E-state index is 11.5. The summed E-state index contributed by atoms with van der Waals surface area (Å²) in [6.07, 6.45) is 0.778. The van der Waals surface area contributed by atoms with Crippen LogP contribution in [0.3, 0.4) is 0 Å². The molecule has 1 aromatic rings. The van der Waals surface area contributed by atoms with Crippen LogP contribution in [0.25, 0.3) is 0 Å². The quantitative estimate of drug-likeness (QED) is 0.683. The largest absolute Gasteiger partial charge is 0.469 e. The molecule has 0 saturated carbocycles. The molecule has 1 saturated heterocycles. The van der Waals surface area contributed by atoms with Crippen LogP contribution in [0.1, 0.15) is 12.0 Å². The summed E-state index contributed by atoms with van der Waals surface area (Å²) in [5.74, 6) is -0.255. The SMILES string of the molecule is COC(=O)C1CCN(c2ccc(C(N)=S)cc2Cl)C1. The van der Waals surface area contributed by atoms with Crippen LogP contribution in [-0.4, -0.2) is 31.2 Å². The maximum absolute atomic E-state index is 11.5. The predicted octanol–water partition coefficient (Wildman–Crippen LogP) is 1.97. The van der Waals surface area contributed by atoms with Crippen molar-refractivity contribution >= 4 is 40.5 Å². The number of benzene rings is 1. The van der Waals surface area contributed by atoms with E-state index in [4.69, 9.17) is 34.3 Å². The van der Waals surface area contributed by atoms with E-state index in [9.17, 15) is 4.79 Å². The van der Waals surface area contributed by atoms with E-state index in [1.165, 1.54) is 7.11 Å². The molecule has 19 heavy (non-hydrogen) atoms. The number of rotatable bonds is 3. The van der Waals surface area contributed by atoms with Gasteiger partial charge in [0.15, 0.2) is 0 Å². The Balaban J connectivity index is 2.16. The standard InChI is InChI=1S/C13H15ClN2O2S/c1-18-13(17)9-4-5-16(7-9)11-3-2-8(12(15)19)6-10(11)14/h2-3,6,9H,4-5,7H2,1H3,(H2,15,19). The number of halogens is 1.